The predicted octanol–water partition coefficient (Wildman–Crippen LogP) is 1.70. The van der Waals surface area contributed by atoms with Crippen molar-refractivity contribution in [2.75, 3.05) is 0 Å². The summed E-state index contributed by atoms with van der Waals surface area (Å²) in [4.78, 5) is 45.4. The number of hydrogen-bond donors (Lipinski definition) is 0. The number of hydrogen-bond acceptors (Lipinski definition) is 9. The molecule has 0 spiro atoms. The minimum Gasteiger partial charge on any atom is -0.456 e. The Morgan fingerprint density at radius 3 is 1.86 bits per heavy atom. The monoisotopic (exact) mass is 408 g/mol. The zero-order valence-corrected chi connectivity index (χ0v) is 16.7. The number of esters is 4. The van der Waals surface area contributed by atoms with E-state index in [1.54, 1.807) is 24.3 Å². The second kappa shape index (κ2) is 10.0. The van der Waals surface area contributed by atoms with Crippen molar-refractivity contribution < 1.29 is 42.9 Å². The lowest BCUT2D eigenvalue weighted by atomic mass is 10.0. The van der Waals surface area contributed by atoms with E-state index in [4.69, 9.17) is 23.7 Å². The fourth-order valence-electron chi connectivity index (χ4n) is 3.03. The van der Waals surface area contributed by atoms with E-state index in [1.165, 1.54) is 27.7 Å². The molecule has 1 heterocycles. The summed E-state index contributed by atoms with van der Waals surface area (Å²) in [6.45, 7) is 4.95. The predicted molar refractivity (Wildman–Crippen MR) is 97.6 cm³/mol. The van der Waals surface area contributed by atoms with Gasteiger partial charge >= 0.3 is 23.9 Å². The van der Waals surface area contributed by atoms with Crippen LogP contribution >= 0.6 is 0 Å². The van der Waals surface area contributed by atoms with Crippen molar-refractivity contribution in [2.24, 2.45) is 0 Å². The minimum absolute atomic E-state index is 0.403. The average Bonchev–Trinajstić information content (AvgIpc) is 2.89. The van der Waals surface area contributed by atoms with E-state index in [0.29, 0.717) is 18.6 Å². The summed E-state index contributed by atoms with van der Waals surface area (Å²) in [7, 11) is 0. The number of benzene rings is 1. The maximum atomic E-state index is 11.5. The van der Waals surface area contributed by atoms with Crippen molar-refractivity contribution in [3.8, 4) is 5.75 Å². The molecule has 1 aromatic rings. The van der Waals surface area contributed by atoms with E-state index in [0.717, 1.165) is 5.56 Å². The first-order valence-corrected chi connectivity index (χ1v) is 9.10. The molecule has 1 saturated heterocycles. The molecule has 0 N–H and O–H groups in total. The molecular weight excluding hydrogens is 384 g/mol. The fourth-order valence-corrected chi connectivity index (χ4v) is 3.03. The molecule has 1 aliphatic rings. The molecule has 1 fully saturated rings. The average molecular weight is 408 g/mol. The SMILES string of the molecule is CC(=O)Oc1ccc(CC[C@H]2OC(OC(C)=O)[C@H](OC(C)=O)[C@H]2OC(C)=O)cc1. The first kappa shape index (κ1) is 22.4. The third-order valence-corrected chi connectivity index (χ3v) is 4.06. The first-order valence-electron chi connectivity index (χ1n) is 9.10. The van der Waals surface area contributed by atoms with Gasteiger partial charge in [0.05, 0.1) is 0 Å². The van der Waals surface area contributed by atoms with E-state index >= 15 is 0 Å². The largest absolute Gasteiger partial charge is 0.456 e. The second-order valence-corrected chi connectivity index (χ2v) is 6.58. The van der Waals surface area contributed by atoms with Crippen LogP contribution in [0, 0.1) is 0 Å². The van der Waals surface area contributed by atoms with Crippen LogP contribution in [0.4, 0.5) is 0 Å². The highest BCUT2D eigenvalue weighted by Crippen LogP contribution is 2.31. The molecule has 1 aromatic carbocycles. The summed E-state index contributed by atoms with van der Waals surface area (Å²) in [6, 6.07) is 6.92. The van der Waals surface area contributed by atoms with Gasteiger partial charge in [-0.25, -0.2) is 0 Å². The van der Waals surface area contributed by atoms with Crippen LogP contribution < -0.4 is 4.74 Å². The molecule has 9 nitrogen and oxygen atoms in total. The molecule has 0 aromatic heterocycles. The summed E-state index contributed by atoms with van der Waals surface area (Å²) in [6.07, 6.45) is -2.86. The van der Waals surface area contributed by atoms with Crippen molar-refractivity contribution in [3.63, 3.8) is 0 Å². The molecular formula is C20H24O9. The molecule has 0 radical (unpaired) electrons. The smallest absolute Gasteiger partial charge is 0.308 e. The minimum atomic E-state index is -1.17. The molecule has 4 atom stereocenters. The molecule has 0 bridgehead atoms. The van der Waals surface area contributed by atoms with Crippen LogP contribution in [0.3, 0.4) is 0 Å². The Morgan fingerprint density at radius 1 is 0.793 bits per heavy atom. The van der Waals surface area contributed by atoms with Crippen LogP contribution in [-0.2, 0) is 44.5 Å². The topological polar surface area (TPSA) is 114 Å². The van der Waals surface area contributed by atoms with Gasteiger partial charge in [-0.15, -0.1) is 0 Å². The lowest BCUT2D eigenvalue weighted by Crippen LogP contribution is -2.41. The first-order chi connectivity index (χ1) is 13.7. The van der Waals surface area contributed by atoms with E-state index in [9.17, 15) is 19.2 Å². The van der Waals surface area contributed by atoms with Gasteiger partial charge in [0.15, 0.2) is 6.10 Å². The Labute approximate surface area is 168 Å². The number of ether oxygens (including phenoxy) is 5. The van der Waals surface area contributed by atoms with Crippen molar-refractivity contribution in [3.05, 3.63) is 29.8 Å². The maximum Gasteiger partial charge on any atom is 0.308 e. The summed E-state index contributed by atoms with van der Waals surface area (Å²) in [5.74, 6) is -1.78. The zero-order chi connectivity index (χ0) is 21.6. The van der Waals surface area contributed by atoms with Gasteiger partial charge in [-0.2, -0.15) is 0 Å². The van der Waals surface area contributed by atoms with Crippen molar-refractivity contribution in [1.29, 1.82) is 0 Å². The fraction of sp³-hybridized carbons (Fsp3) is 0.500. The van der Waals surface area contributed by atoms with Crippen LogP contribution in [0.25, 0.3) is 0 Å². The van der Waals surface area contributed by atoms with E-state index in [-0.39, 0.29) is 0 Å². The number of carbonyl (C=O) groups is 4. The van der Waals surface area contributed by atoms with Gasteiger partial charge in [-0.1, -0.05) is 12.1 Å². The Bertz CT molecular complexity index is 756. The van der Waals surface area contributed by atoms with Crippen LogP contribution in [0.5, 0.6) is 5.75 Å². The van der Waals surface area contributed by atoms with E-state index in [2.05, 4.69) is 0 Å². The van der Waals surface area contributed by atoms with Gasteiger partial charge in [0, 0.05) is 27.7 Å². The normalized spacial score (nSPS) is 23.2. The molecule has 2 rings (SSSR count). The molecule has 0 aliphatic carbocycles. The van der Waals surface area contributed by atoms with Gasteiger partial charge in [-0.05, 0) is 30.5 Å². The number of rotatable bonds is 7. The maximum absolute atomic E-state index is 11.5. The summed E-state index contributed by atoms with van der Waals surface area (Å²) in [5.41, 5.74) is 0.922. The van der Waals surface area contributed by atoms with Gasteiger partial charge < -0.3 is 23.7 Å². The number of carbonyl (C=O) groups excluding carboxylic acids is 4. The molecule has 1 aliphatic heterocycles. The molecule has 158 valence electrons. The third kappa shape index (κ3) is 6.86. The lowest BCUT2D eigenvalue weighted by Gasteiger charge is -2.22. The molecule has 9 heteroatoms. The quantitative estimate of drug-likeness (QED) is 0.378. The van der Waals surface area contributed by atoms with Gasteiger partial charge in [0.1, 0.15) is 11.9 Å². The Balaban J connectivity index is 2.11. The van der Waals surface area contributed by atoms with Gasteiger partial charge in [0.2, 0.25) is 12.4 Å². The third-order valence-electron chi connectivity index (χ3n) is 4.06. The Hall–Kier alpha value is -2.94. The van der Waals surface area contributed by atoms with Crippen LogP contribution in [-0.4, -0.2) is 48.5 Å². The molecule has 29 heavy (non-hydrogen) atoms. The highest BCUT2D eigenvalue weighted by molar-refractivity contribution is 5.69. The zero-order valence-electron chi connectivity index (χ0n) is 16.7. The number of aryl methyl sites for hydroxylation is 1. The highest BCUT2D eigenvalue weighted by Gasteiger charge is 2.50. The summed E-state index contributed by atoms with van der Waals surface area (Å²) >= 11 is 0. The standard InChI is InChI=1S/C20H24O9/c1-11(21)25-16-8-5-15(6-9-16)7-10-17-18(26-12(2)22)19(27-13(3)23)20(29-17)28-14(4)24/h5-6,8-9,17-20H,7,10H2,1-4H3/t17-,18+,19-,20?/m1/s1. The lowest BCUT2D eigenvalue weighted by molar-refractivity contribution is -0.195. The van der Waals surface area contributed by atoms with Crippen LogP contribution in [0.2, 0.25) is 0 Å². The van der Waals surface area contributed by atoms with Crippen molar-refractivity contribution in [1.82, 2.24) is 0 Å². The van der Waals surface area contributed by atoms with Crippen molar-refractivity contribution >= 4 is 23.9 Å². The molecule has 0 saturated carbocycles. The summed E-state index contributed by atoms with van der Waals surface area (Å²) in [5, 5.41) is 0. The second-order valence-electron chi connectivity index (χ2n) is 6.58. The Kier molecular flexibility index (Phi) is 7.72. The Morgan fingerprint density at radius 2 is 1.34 bits per heavy atom. The van der Waals surface area contributed by atoms with E-state index in [1.807, 2.05) is 0 Å². The van der Waals surface area contributed by atoms with Crippen LogP contribution in [0.1, 0.15) is 39.7 Å². The van der Waals surface area contributed by atoms with E-state index < -0.39 is 48.5 Å². The molecule has 0 amide bonds. The van der Waals surface area contributed by atoms with Crippen LogP contribution in [0.15, 0.2) is 24.3 Å². The summed E-state index contributed by atoms with van der Waals surface area (Å²) < 4.78 is 26.3. The van der Waals surface area contributed by atoms with Gasteiger partial charge in [0.25, 0.3) is 0 Å². The van der Waals surface area contributed by atoms with Gasteiger partial charge in [-0.3, -0.25) is 19.2 Å². The highest BCUT2D eigenvalue weighted by atomic mass is 16.7. The molecule has 1 unspecified atom stereocenters. The van der Waals surface area contributed by atoms with Crippen molar-refractivity contribution in [2.45, 2.75) is 65.1 Å².